The second kappa shape index (κ2) is 11.0. The lowest BCUT2D eigenvalue weighted by Crippen LogP contribution is -2.33. The van der Waals surface area contributed by atoms with Crippen molar-refractivity contribution in [1.29, 1.82) is 0 Å². The van der Waals surface area contributed by atoms with Crippen LogP contribution in [0.4, 0.5) is 10.1 Å². The molecule has 3 heterocycles. The van der Waals surface area contributed by atoms with Gasteiger partial charge in [0.05, 0.1) is 23.5 Å². The lowest BCUT2D eigenvalue weighted by molar-refractivity contribution is -0.116. The van der Waals surface area contributed by atoms with E-state index in [4.69, 9.17) is 12.2 Å². The standard InChI is InChI=1S/C29H27BrFN5OS/c1-18-17-22(19(2)36(18)21-12-10-20(30)11-13-21)28-27(25-9-5-6-15-32-25)34-29(38)35(28)16-14-26(37)33-24-8-4-3-7-23(24)31/h3-13,15,17,27-28H,14,16H2,1-2H3,(H,33,37)(H,34,38)/t27-,28-/m0/s1. The predicted octanol–water partition coefficient (Wildman–Crippen LogP) is 6.39. The average Bonchev–Trinajstić information content (AvgIpc) is 3.39. The molecule has 0 aliphatic carbocycles. The average molecular weight is 593 g/mol. The van der Waals surface area contributed by atoms with E-state index in [1.54, 1.807) is 24.4 Å². The van der Waals surface area contributed by atoms with Gasteiger partial charge in [0.2, 0.25) is 5.91 Å². The van der Waals surface area contributed by atoms with Crippen LogP contribution < -0.4 is 10.6 Å². The number of benzene rings is 2. The normalized spacial score (nSPS) is 16.9. The first kappa shape index (κ1) is 26.1. The zero-order valence-electron chi connectivity index (χ0n) is 21.0. The van der Waals surface area contributed by atoms with Crippen molar-refractivity contribution >= 4 is 44.9 Å². The number of pyridine rings is 1. The van der Waals surface area contributed by atoms with Crippen molar-refractivity contribution in [2.75, 3.05) is 11.9 Å². The summed E-state index contributed by atoms with van der Waals surface area (Å²) >= 11 is 9.29. The summed E-state index contributed by atoms with van der Waals surface area (Å²) in [4.78, 5) is 19.4. The fourth-order valence-corrected chi connectivity index (χ4v) is 5.65. The molecule has 0 unspecified atom stereocenters. The second-order valence-corrected chi connectivity index (χ2v) is 10.5. The molecular weight excluding hydrogens is 565 g/mol. The zero-order valence-corrected chi connectivity index (χ0v) is 23.4. The first-order valence-electron chi connectivity index (χ1n) is 12.3. The Balaban J connectivity index is 1.47. The van der Waals surface area contributed by atoms with Gasteiger partial charge in [-0.1, -0.05) is 34.1 Å². The van der Waals surface area contributed by atoms with Gasteiger partial charge >= 0.3 is 0 Å². The molecule has 2 aromatic carbocycles. The van der Waals surface area contributed by atoms with E-state index in [1.807, 2.05) is 35.2 Å². The van der Waals surface area contributed by atoms with Crippen LogP contribution in [-0.4, -0.2) is 32.0 Å². The molecule has 0 spiro atoms. The number of thiocarbonyl (C=S) groups is 1. The number of aromatic nitrogens is 2. The van der Waals surface area contributed by atoms with Crippen LogP contribution in [0.2, 0.25) is 0 Å². The lowest BCUT2D eigenvalue weighted by Gasteiger charge is -2.28. The number of hydrogen-bond acceptors (Lipinski definition) is 3. The molecule has 0 saturated carbocycles. The molecule has 0 radical (unpaired) electrons. The maximum Gasteiger partial charge on any atom is 0.226 e. The zero-order chi connectivity index (χ0) is 26.8. The van der Waals surface area contributed by atoms with Crippen LogP contribution in [-0.2, 0) is 4.79 Å². The van der Waals surface area contributed by atoms with E-state index in [2.05, 4.69) is 68.2 Å². The molecule has 2 N–H and O–H groups in total. The van der Waals surface area contributed by atoms with Crippen molar-refractivity contribution in [2.24, 2.45) is 0 Å². The monoisotopic (exact) mass is 591 g/mol. The number of amides is 1. The van der Waals surface area contributed by atoms with E-state index < -0.39 is 5.82 Å². The van der Waals surface area contributed by atoms with Gasteiger partial charge in [-0.2, -0.15) is 0 Å². The maximum absolute atomic E-state index is 14.1. The van der Waals surface area contributed by atoms with E-state index in [0.717, 1.165) is 32.8 Å². The summed E-state index contributed by atoms with van der Waals surface area (Å²) in [5.41, 5.74) is 5.38. The number of nitrogens with zero attached hydrogens (tertiary/aromatic N) is 3. The summed E-state index contributed by atoms with van der Waals surface area (Å²) in [6.45, 7) is 4.55. The molecule has 9 heteroatoms. The number of aryl methyl sites for hydroxylation is 1. The SMILES string of the molecule is Cc1cc([C@H]2[C@H](c3ccccn3)NC(=S)N2CCC(=O)Nc2ccccc2F)c(C)n1-c1ccc(Br)cc1. The molecule has 1 saturated heterocycles. The highest BCUT2D eigenvalue weighted by atomic mass is 79.9. The molecular formula is C29H27BrFN5OS. The fourth-order valence-electron chi connectivity index (χ4n) is 5.06. The van der Waals surface area contributed by atoms with Crippen molar-refractivity contribution in [2.45, 2.75) is 32.4 Å². The number of halogens is 2. The summed E-state index contributed by atoms with van der Waals surface area (Å²) in [5.74, 6) is -0.744. The van der Waals surface area contributed by atoms with Gasteiger partial charge in [0.25, 0.3) is 0 Å². The fraction of sp³-hybridized carbons (Fsp3) is 0.207. The van der Waals surface area contributed by atoms with Gasteiger partial charge in [-0.05, 0) is 86.2 Å². The Morgan fingerprint density at radius 2 is 1.84 bits per heavy atom. The first-order valence-corrected chi connectivity index (χ1v) is 13.5. The van der Waals surface area contributed by atoms with Crippen molar-refractivity contribution in [3.8, 4) is 5.69 Å². The third-order valence-electron chi connectivity index (χ3n) is 6.80. The molecule has 0 bridgehead atoms. The van der Waals surface area contributed by atoms with Crippen LogP contribution in [0.1, 0.15) is 41.1 Å². The van der Waals surface area contributed by atoms with Gasteiger partial charge in [-0.25, -0.2) is 4.39 Å². The highest BCUT2D eigenvalue weighted by molar-refractivity contribution is 9.10. The number of para-hydroxylation sites is 1. The smallest absolute Gasteiger partial charge is 0.226 e. The summed E-state index contributed by atoms with van der Waals surface area (Å²) in [5, 5.41) is 6.67. The Morgan fingerprint density at radius 1 is 1.11 bits per heavy atom. The molecule has 2 aromatic heterocycles. The maximum atomic E-state index is 14.1. The molecule has 1 fully saturated rings. The molecule has 1 amide bonds. The second-order valence-electron chi connectivity index (χ2n) is 9.24. The summed E-state index contributed by atoms with van der Waals surface area (Å²) < 4.78 is 17.3. The minimum Gasteiger partial charge on any atom is -0.352 e. The van der Waals surface area contributed by atoms with Crippen LogP contribution in [0.15, 0.2) is 83.5 Å². The third kappa shape index (κ3) is 5.21. The van der Waals surface area contributed by atoms with Gasteiger partial charge < -0.3 is 20.1 Å². The van der Waals surface area contributed by atoms with Gasteiger partial charge in [0.1, 0.15) is 5.82 Å². The van der Waals surface area contributed by atoms with Gasteiger partial charge in [0, 0.05) is 40.7 Å². The van der Waals surface area contributed by atoms with Crippen molar-refractivity contribution in [3.63, 3.8) is 0 Å². The Kier molecular flexibility index (Phi) is 7.58. The van der Waals surface area contributed by atoms with Crippen molar-refractivity contribution in [1.82, 2.24) is 19.8 Å². The number of anilines is 1. The molecule has 4 aromatic rings. The molecule has 38 heavy (non-hydrogen) atoms. The van der Waals surface area contributed by atoms with Crippen LogP contribution in [0.25, 0.3) is 5.69 Å². The minimum absolute atomic E-state index is 0.146. The largest absolute Gasteiger partial charge is 0.352 e. The van der Waals surface area contributed by atoms with Crippen LogP contribution >= 0.6 is 28.1 Å². The molecule has 1 aliphatic heterocycles. The Hall–Kier alpha value is -3.56. The first-order chi connectivity index (χ1) is 18.3. The van der Waals surface area contributed by atoms with Gasteiger partial charge in [-0.3, -0.25) is 9.78 Å². The molecule has 6 nitrogen and oxygen atoms in total. The number of nitrogens with one attached hydrogen (secondary N) is 2. The molecule has 5 rings (SSSR count). The number of carbonyl (C=O) groups is 1. The quantitative estimate of drug-likeness (QED) is 0.244. The highest BCUT2D eigenvalue weighted by Crippen LogP contribution is 2.41. The van der Waals surface area contributed by atoms with Crippen molar-refractivity contribution in [3.05, 3.63) is 112 Å². The number of rotatable bonds is 7. The van der Waals surface area contributed by atoms with Crippen LogP contribution in [0, 0.1) is 19.7 Å². The molecule has 194 valence electrons. The molecule has 2 atom stereocenters. The highest BCUT2D eigenvalue weighted by Gasteiger charge is 2.41. The van der Waals surface area contributed by atoms with E-state index in [0.29, 0.717) is 11.7 Å². The van der Waals surface area contributed by atoms with Gasteiger partial charge in [-0.15, -0.1) is 0 Å². The Bertz CT molecular complexity index is 1470. The lowest BCUT2D eigenvalue weighted by atomic mass is 9.96. The molecule has 1 aliphatic rings. The van der Waals surface area contributed by atoms with E-state index in [1.165, 1.54) is 6.07 Å². The van der Waals surface area contributed by atoms with Crippen molar-refractivity contribution < 1.29 is 9.18 Å². The topological polar surface area (TPSA) is 62.2 Å². The van der Waals surface area contributed by atoms with Crippen LogP contribution in [0.3, 0.4) is 0 Å². The minimum atomic E-state index is -0.465. The third-order valence-corrected chi connectivity index (χ3v) is 7.68. The van der Waals surface area contributed by atoms with Gasteiger partial charge in [0.15, 0.2) is 5.11 Å². The summed E-state index contributed by atoms with van der Waals surface area (Å²) in [7, 11) is 0. The number of carbonyl (C=O) groups excluding carboxylic acids is 1. The van der Waals surface area contributed by atoms with E-state index in [9.17, 15) is 9.18 Å². The van der Waals surface area contributed by atoms with Crippen LogP contribution in [0.5, 0.6) is 0 Å². The Morgan fingerprint density at radius 3 is 2.55 bits per heavy atom. The summed E-state index contributed by atoms with van der Waals surface area (Å²) in [6, 6.07) is 22.0. The summed E-state index contributed by atoms with van der Waals surface area (Å²) in [6.07, 6.45) is 1.92. The predicted molar refractivity (Wildman–Crippen MR) is 155 cm³/mol. The number of hydrogen-bond donors (Lipinski definition) is 2. The van der Waals surface area contributed by atoms with E-state index >= 15 is 0 Å². The Labute approximate surface area is 235 Å². The van der Waals surface area contributed by atoms with E-state index in [-0.39, 0.29) is 30.1 Å².